The minimum absolute atomic E-state index is 0.0630. The molecule has 0 spiro atoms. The van der Waals surface area contributed by atoms with Crippen LogP contribution in [0.5, 0.6) is 0 Å². The van der Waals surface area contributed by atoms with Crippen LogP contribution in [0.15, 0.2) is 357 Å². The molecular formula is C128H120N4O4. The van der Waals surface area contributed by atoms with Crippen molar-refractivity contribution in [2.75, 3.05) is 19.6 Å². The van der Waals surface area contributed by atoms with Gasteiger partial charge in [0, 0.05) is 101 Å². The van der Waals surface area contributed by atoms with Crippen molar-refractivity contribution in [1.29, 1.82) is 0 Å². The zero-order valence-corrected chi connectivity index (χ0v) is 82.1. The number of hydrogen-bond donors (Lipinski definition) is 0. The monoisotopic (exact) mass is 1780 g/mol. The standard InChI is InChI=1S/C66H64N2O2.C62H56N2O2/c1-63(2,3)45-15-25-49(26-16-45)67(50-27-17-46(18-28-50)64(4,5)6)53-23-13-41-37-56-55-33-34-58-61(62(55)70-59(56)39-43(41)35-53)57-38-42-14-24-54(36-44(42)40-60(57)69-58)68(51-29-19-47(20-30-51)65(7,8)9)52-31-21-48(22-32-52)66(10,11)12;1-37(2)41-9-19-49(20-10-41)63(50-21-11-42(12-22-50)38(3)4)53-27-17-45-33-56-55-29-30-58-61(62(55)66-59(56)35-47(45)31-53)57-34-46-18-28-54(32-48(46)36-60(57)65-58)64(51-23-13-43(14-24-51)39(5)6)52-25-15-44(16-26-52)40(7)8/h13-40H,1-12H3;9-40H,1-8H3. The topological polar surface area (TPSA) is 65.5 Å². The fourth-order valence-corrected chi connectivity index (χ4v) is 19.9. The summed E-state index contributed by atoms with van der Waals surface area (Å²) in [5, 5.41) is 17.5. The maximum atomic E-state index is 6.94. The Balaban J connectivity index is 0.000000163. The first-order valence-corrected chi connectivity index (χ1v) is 48.6. The zero-order chi connectivity index (χ0) is 94.4. The van der Waals surface area contributed by atoms with E-state index in [1.54, 1.807) is 0 Å². The lowest BCUT2D eigenvalue weighted by molar-refractivity contribution is 0.590. The molecule has 0 aliphatic carbocycles. The highest BCUT2D eigenvalue weighted by Crippen LogP contribution is 2.50. The molecule has 0 saturated heterocycles. The predicted molar refractivity (Wildman–Crippen MR) is 582 cm³/mol. The smallest absolute Gasteiger partial charge is 0.147 e. The molecule has 0 bridgehead atoms. The lowest BCUT2D eigenvalue weighted by Crippen LogP contribution is -2.14. The van der Waals surface area contributed by atoms with Crippen LogP contribution >= 0.6 is 0 Å². The van der Waals surface area contributed by atoms with Crippen LogP contribution in [0.25, 0.3) is 131 Å². The number of furan rings is 4. The first kappa shape index (κ1) is 88.0. The summed E-state index contributed by atoms with van der Waals surface area (Å²) in [4.78, 5) is 9.43. The van der Waals surface area contributed by atoms with E-state index in [1.807, 2.05) is 0 Å². The maximum Gasteiger partial charge on any atom is 0.147 e. The van der Waals surface area contributed by atoms with Crippen molar-refractivity contribution in [3.8, 4) is 0 Å². The second-order valence-electron chi connectivity index (χ2n) is 43.1. The molecule has 0 saturated carbocycles. The highest BCUT2D eigenvalue weighted by molar-refractivity contribution is 6.26. The first-order chi connectivity index (χ1) is 65.1. The van der Waals surface area contributed by atoms with Crippen molar-refractivity contribution in [2.24, 2.45) is 0 Å². The van der Waals surface area contributed by atoms with Gasteiger partial charge in [-0.1, -0.05) is 260 Å². The molecule has 0 atom stereocenters. The van der Waals surface area contributed by atoms with Gasteiger partial charge in [-0.3, -0.25) is 0 Å². The fraction of sp³-hybridized carbons (Fsp3) is 0.219. The Kier molecular flexibility index (Phi) is 21.9. The summed E-state index contributed by atoms with van der Waals surface area (Å²) in [6.07, 6.45) is 0. The minimum Gasteiger partial charge on any atom is -0.456 e. The normalized spacial score (nSPS) is 12.5. The Bertz CT molecular complexity index is 8110. The molecule has 0 amide bonds. The molecule has 136 heavy (non-hydrogen) atoms. The van der Waals surface area contributed by atoms with Crippen LogP contribution in [0.2, 0.25) is 0 Å². The summed E-state index contributed by atoms with van der Waals surface area (Å²) in [6.45, 7) is 45.1. The van der Waals surface area contributed by atoms with Crippen molar-refractivity contribution >= 4 is 199 Å². The van der Waals surface area contributed by atoms with E-state index in [2.05, 4.69) is 498 Å². The molecule has 4 heterocycles. The molecule has 676 valence electrons. The van der Waals surface area contributed by atoms with E-state index in [4.69, 9.17) is 17.7 Å². The van der Waals surface area contributed by atoms with E-state index in [-0.39, 0.29) is 21.7 Å². The predicted octanol–water partition coefficient (Wildman–Crippen LogP) is 39.1. The molecule has 0 aliphatic heterocycles. The number of fused-ring (bicyclic) bond motifs is 18. The van der Waals surface area contributed by atoms with E-state index in [9.17, 15) is 0 Å². The number of anilines is 12. The van der Waals surface area contributed by atoms with E-state index in [1.165, 1.54) is 49.9 Å². The van der Waals surface area contributed by atoms with Gasteiger partial charge in [-0.15, -0.1) is 0 Å². The van der Waals surface area contributed by atoms with Crippen LogP contribution in [0.3, 0.4) is 0 Å². The molecule has 0 aliphatic rings. The molecular weight excluding hydrogens is 1660 g/mol. The van der Waals surface area contributed by atoms with Crippen molar-refractivity contribution in [3.05, 3.63) is 384 Å². The lowest BCUT2D eigenvalue weighted by atomic mass is 9.86. The number of benzene rings is 18. The van der Waals surface area contributed by atoms with E-state index < -0.39 is 0 Å². The molecule has 0 N–H and O–H groups in total. The second-order valence-corrected chi connectivity index (χ2v) is 43.1. The van der Waals surface area contributed by atoms with Crippen LogP contribution in [0.1, 0.15) is 207 Å². The quantitative estimate of drug-likeness (QED) is 0.0948. The van der Waals surface area contributed by atoms with Crippen LogP contribution in [0, 0.1) is 0 Å². The van der Waals surface area contributed by atoms with Gasteiger partial charge in [-0.25, -0.2) is 0 Å². The van der Waals surface area contributed by atoms with E-state index >= 15 is 0 Å². The molecule has 0 fully saturated rings. The maximum absolute atomic E-state index is 6.94. The Morgan fingerprint density at radius 3 is 0.581 bits per heavy atom. The lowest BCUT2D eigenvalue weighted by Gasteiger charge is -2.28. The Morgan fingerprint density at radius 2 is 0.368 bits per heavy atom. The summed E-state index contributed by atoms with van der Waals surface area (Å²) >= 11 is 0. The van der Waals surface area contributed by atoms with Crippen LogP contribution in [-0.4, -0.2) is 0 Å². The number of nitrogens with zero attached hydrogens (tertiary/aromatic N) is 4. The first-order valence-electron chi connectivity index (χ1n) is 48.6. The van der Waals surface area contributed by atoms with Gasteiger partial charge in [0.05, 0.1) is 10.8 Å². The molecule has 22 aromatic rings. The molecule has 8 heteroatoms. The molecule has 4 aromatic heterocycles. The molecule has 8 nitrogen and oxygen atoms in total. The summed E-state index contributed by atoms with van der Waals surface area (Å²) in [7, 11) is 0. The summed E-state index contributed by atoms with van der Waals surface area (Å²) in [6, 6.07) is 126. The highest BCUT2D eigenvalue weighted by atomic mass is 16.4. The minimum atomic E-state index is 0.0630. The van der Waals surface area contributed by atoms with Crippen molar-refractivity contribution < 1.29 is 17.7 Å². The van der Waals surface area contributed by atoms with Gasteiger partial charge in [0.1, 0.15) is 44.7 Å². The molecule has 18 aromatic carbocycles. The van der Waals surface area contributed by atoms with Crippen LogP contribution in [0.4, 0.5) is 68.2 Å². The summed E-state index contributed by atoms with van der Waals surface area (Å²) in [5.41, 5.74) is 30.9. The largest absolute Gasteiger partial charge is 0.456 e. The molecule has 0 unspecified atom stereocenters. The number of hydrogen-bond acceptors (Lipinski definition) is 8. The number of rotatable bonds is 16. The van der Waals surface area contributed by atoms with E-state index in [0.717, 1.165) is 194 Å². The average molecular weight is 1780 g/mol. The van der Waals surface area contributed by atoms with Gasteiger partial charge in [-0.05, 0) is 351 Å². The Labute approximate surface area is 799 Å². The van der Waals surface area contributed by atoms with Crippen LogP contribution in [-0.2, 0) is 21.7 Å². The highest BCUT2D eigenvalue weighted by Gasteiger charge is 2.28. The van der Waals surface area contributed by atoms with Gasteiger partial charge >= 0.3 is 0 Å². The van der Waals surface area contributed by atoms with Gasteiger partial charge in [0.15, 0.2) is 0 Å². The summed E-state index contributed by atoms with van der Waals surface area (Å²) in [5.74, 6) is 1.86. The van der Waals surface area contributed by atoms with Crippen molar-refractivity contribution in [3.63, 3.8) is 0 Å². The fourth-order valence-electron chi connectivity index (χ4n) is 19.9. The van der Waals surface area contributed by atoms with Crippen molar-refractivity contribution in [2.45, 2.75) is 184 Å². The van der Waals surface area contributed by atoms with Crippen LogP contribution < -0.4 is 19.6 Å². The van der Waals surface area contributed by atoms with Gasteiger partial charge in [-0.2, -0.15) is 0 Å². The van der Waals surface area contributed by atoms with Gasteiger partial charge < -0.3 is 37.3 Å². The Morgan fingerprint density at radius 1 is 0.169 bits per heavy atom. The second kappa shape index (κ2) is 33.8. The summed E-state index contributed by atoms with van der Waals surface area (Å²) < 4.78 is 27.2. The molecule has 0 radical (unpaired) electrons. The van der Waals surface area contributed by atoms with E-state index in [0.29, 0.717) is 23.7 Å². The third-order valence-electron chi connectivity index (χ3n) is 28.2. The van der Waals surface area contributed by atoms with Gasteiger partial charge in [0.25, 0.3) is 0 Å². The SMILES string of the molecule is CC(C)(C)c1ccc(N(c2ccc(C(C)(C)C)cc2)c2ccc3cc4c(cc3c2)oc2c4ccc3oc4cc5cc(N(c6ccc(C(C)(C)C)cc6)c6ccc(C(C)(C)C)cc6)ccc5cc4c32)cc1.CC(C)c1ccc(N(c2ccc(C(C)C)cc2)c2ccc3cc4c(cc3c2)oc2c4ccc3oc4cc5cc(N(c6ccc(C(C)C)cc6)c6ccc(C(C)C)cc6)ccc5cc4c32)cc1. The molecule has 22 rings (SSSR count). The zero-order valence-electron chi connectivity index (χ0n) is 82.1. The average Bonchev–Trinajstić information content (AvgIpc) is 1.57. The third kappa shape index (κ3) is 16.4. The van der Waals surface area contributed by atoms with Gasteiger partial charge in [0.2, 0.25) is 0 Å². The van der Waals surface area contributed by atoms with Crippen molar-refractivity contribution in [1.82, 2.24) is 0 Å². The Hall–Kier alpha value is -14.6. The third-order valence-corrected chi connectivity index (χ3v) is 28.2.